The second-order valence-corrected chi connectivity index (χ2v) is 6.76. The first-order chi connectivity index (χ1) is 11.6. The molecule has 0 fully saturated rings. The number of aliphatic hydroxyl groups is 2. The summed E-state index contributed by atoms with van der Waals surface area (Å²) in [5.74, 6) is -0.0683. The van der Waals surface area contributed by atoms with E-state index in [4.69, 9.17) is 5.11 Å². The van der Waals surface area contributed by atoms with Gasteiger partial charge in [-0.3, -0.25) is 4.79 Å². The maximum atomic E-state index is 11.3. The summed E-state index contributed by atoms with van der Waals surface area (Å²) >= 11 is 0. The maximum Gasteiger partial charge on any atom is 0.221 e. The maximum absolute atomic E-state index is 11.3. The number of hydrogen-bond donors (Lipinski definition) is 3. The van der Waals surface area contributed by atoms with E-state index in [-0.39, 0.29) is 12.0 Å². The van der Waals surface area contributed by atoms with Crippen molar-refractivity contribution in [3.63, 3.8) is 0 Å². The summed E-state index contributed by atoms with van der Waals surface area (Å²) in [6.45, 7) is 3.75. The van der Waals surface area contributed by atoms with Crippen LogP contribution >= 0.6 is 0 Å². The Balaban J connectivity index is 3.33. The lowest BCUT2D eigenvalue weighted by molar-refractivity contribution is -0.123. The fourth-order valence-corrected chi connectivity index (χ4v) is 2.68. The number of nitrogens with one attached hydrogen (secondary N) is 1. The minimum Gasteiger partial charge on any atom is -0.393 e. The van der Waals surface area contributed by atoms with Crippen LogP contribution in [0.2, 0.25) is 0 Å². The molecule has 0 saturated carbocycles. The summed E-state index contributed by atoms with van der Waals surface area (Å²) in [5, 5.41) is 21.3. The van der Waals surface area contributed by atoms with Crippen LogP contribution in [0.4, 0.5) is 0 Å². The van der Waals surface area contributed by atoms with E-state index in [9.17, 15) is 9.90 Å². The number of rotatable bonds is 16. The Kier molecular flexibility index (Phi) is 16.4. The fraction of sp³-hybridized carbons (Fsp3) is 0.850. The molecule has 0 aliphatic carbocycles. The van der Waals surface area contributed by atoms with Crippen molar-refractivity contribution in [3.8, 4) is 0 Å². The van der Waals surface area contributed by atoms with Crippen molar-refractivity contribution >= 4 is 5.91 Å². The first-order valence-electron chi connectivity index (χ1n) is 9.86. The quantitative estimate of drug-likeness (QED) is 0.221. The van der Waals surface area contributed by atoms with E-state index in [2.05, 4.69) is 24.4 Å². The standard InChI is InChI=1S/C20H39NO3/c1-3-4-5-12-15-19(23)16-13-10-8-6-7-9-11-14-17-20(24)21-18(2)22/h10,13,18-19,22-23H,3-9,11-12,14-17H2,1-2H3,(H,21,24)/b13-10-/t18?,19-/m1/s1. The van der Waals surface area contributed by atoms with Gasteiger partial charge in [-0.2, -0.15) is 0 Å². The smallest absolute Gasteiger partial charge is 0.221 e. The van der Waals surface area contributed by atoms with Gasteiger partial charge in [0, 0.05) is 6.42 Å². The summed E-state index contributed by atoms with van der Waals surface area (Å²) in [6, 6.07) is 0. The number of carbonyl (C=O) groups is 1. The Bertz CT molecular complexity index is 316. The van der Waals surface area contributed by atoms with Crippen LogP contribution in [0.25, 0.3) is 0 Å². The normalized spacial score (nSPS) is 14.0. The van der Waals surface area contributed by atoms with E-state index < -0.39 is 6.23 Å². The molecule has 1 unspecified atom stereocenters. The van der Waals surface area contributed by atoms with Crippen molar-refractivity contribution in [1.82, 2.24) is 5.32 Å². The first kappa shape index (κ1) is 23.1. The van der Waals surface area contributed by atoms with Crippen LogP contribution in [0.1, 0.15) is 97.3 Å². The van der Waals surface area contributed by atoms with Crippen molar-refractivity contribution in [2.45, 2.75) is 110 Å². The Hall–Kier alpha value is -0.870. The summed E-state index contributed by atoms with van der Waals surface area (Å²) in [5.41, 5.74) is 0. The topological polar surface area (TPSA) is 69.6 Å². The van der Waals surface area contributed by atoms with Crippen LogP contribution in [0.3, 0.4) is 0 Å². The van der Waals surface area contributed by atoms with E-state index in [0.717, 1.165) is 44.9 Å². The molecule has 0 heterocycles. The Morgan fingerprint density at radius 2 is 1.62 bits per heavy atom. The number of unbranched alkanes of at least 4 members (excludes halogenated alkanes) is 8. The minimum atomic E-state index is -0.751. The van der Waals surface area contributed by atoms with Gasteiger partial charge in [0.25, 0.3) is 0 Å². The second-order valence-electron chi connectivity index (χ2n) is 6.76. The Morgan fingerprint density at radius 1 is 0.958 bits per heavy atom. The van der Waals surface area contributed by atoms with Crippen LogP contribution in [0, 0.1) is 0 Å². The third-order valence-corrected chi connectivity index (χ3v) is 4.11. The zero-order valence-electron chi connectivity index (χ0n) is 15.8. The molecule has 0 aromatic carbocycles. The average molecular weight is 342 g/mol. The highest BCUT2D eigenvalue weighted by Gasteiger charge is 2.03. The predicted molar refractivity (Wildman–Crippen MR) is 101 cm³/mol. The van der Waals surface area contributed by atoms with Gasteiger partial charge in [0.05, 0.1) is 6.10 Å². The molecule has 0 aliphatic rings. The zero-order valence-corrected chi connectivity index (χ0v) is 15.8. The molecule has 0 aromatic heterocycles. The molecular weight excluding hydrogens is 302 g/mol. The first-order valence-corrected chi connectivity index (χ1v) is 9.86. The lowest BCUT2D eigenvalue weighted by atomic mass is 10.1. The fourth-order valence-electron chi connectivity index (χ4n) is 2.68. The SMILES string of the molecule is CCCCCC[C@@H](O)C/C=C\CCCCCCCC(=O)NC(C)O. The van der Waals surface area contributed by atoms with Crippen LogP contribution in [0.15, 0.2) is 12.2 Å². The monoisotopic (exact) mass is 341 g/mol. The number of hydrogen-bond acceptors (Lipinski definition) is 3. The summed E-state index contributed by atoms with van der Waals surface area (Å²) in [4.78, 5) is 11.3. The molecule has 0 rings (SSSR count). The molecule has 0 radical (unpaired) electrons. The highest BCUT2D eigenvalue weighted by Crippen LogP contribution is 2.10. The molecule has 3 N–H and O–H groups in total. The van der Waals surface area contributed by atoms with E-state index in [1.807, 2.05) is 0 Å². The summed E-state index contributed by atoms with van der Waals surface area (Å²) in [7, 11) is 0. The van der Waals surface area contributed by atoms with Gasteiger partial charge in [-0.15, -0.1) is 0 Å². The highest BCUT2D eigenvalue weighted by atomic mass is 16.3. The number of amides is 1. The zero-order chi connectivity index (χ0) is 18.0. The molecule has 1 amide bonds. The van der Waals surface area contributed by atoms with Crippen molar-refractivity contribution in [1.29, 1.82) is 0 Å². The number of carbonyl (C=O) groups excluding carboxylic acids is 1. The summed E-state index contributed by atoms with van der Waals surface area (Å²) < 4.78 is 0. The molecule has 0 bridgehead atoms. The number of aliphatic hydroxyl groups excluding tert-OH is 2. The van der Waals surface area contributed by atoms with Crippen LogP contribution in [0.5, 0.6) is 0 Å². The largest absolute Gasteiger partial charge is 0.393 e. The third kappa shape index (κ3) is 17.5. The van der Waals surface area contributed by atoms with Crippen molar-refractivity contribution < 1.29 is 15.0 Å². The molecule has 0 aliphatic heterocycles. The lowest BCUT2D eigenvalue weighted by Gasteiger charge is -2.07. The molecule has 0 spiro atoms. The van der Waals surface area contributed by atoms with Gasteiger partial charge < -0.3 is 15.5 Å². The van der Waals surface area contributed by atoms with Crippen molar-refractivity contribution in [3.05, 3.63) is 12.2 Å². The molecule has 4 nitrogen and oxygen atoms in total. The molecule has 24 heavy (non-hydrogen) atoms. The predicted octanol–water partition coefficient (Wildman–Crippen LogP) is 4.45. The van der Waals surface area contributed by atoms with E-state index >= 15 is 0 Å². The van der Waals surface area contributed by atoms with Gasteiger partial charge >= 0.3 is 0 Å². The van der Waals surface area contributed by atoms with E-state index in [0.29, 0.717) is 6.42 Å². The molecular formula is C20H39NO3. The van der Waals surface area contributed by atoms with Gasteiger partial charge in [0.1, 0.15) is 6.23 Å². The van der Waals surface area contributed by atoms with E-state index in [1.54, 1.807) is 6.92 Å². The van der Waals surface area contributed by atoms with Crippen molar-refractivity contribution in [2.75, 3.05) is 0 Å². The molecule has 0 saturated heterocycles. The van der Waals surface area contributed by atoms with Gasteiger partial charge in [-0.25, -0.2) is 0 Å². The summed E-state index contributed by atoms with van der Waals surface area (Å²) in [6.07, 6.45) is 17.0. The van der Waals surface area contributed by atoms with Gasteiger partial charge in [-0.05, 0) is 39.0 Å². The van der Waals surface area contributed by atoms with Crippen LogP contribution < -0.4 is 5.32 Å². The van der Waals surface area contributed by atoms with Gasteiger partial charge in [0.2, 0.25) is 5.91 Å². The Labute approximate surface area is 148 Å². The van der Waals surface area contributed by atoms with Crippen LogP contribution in [-0.4, -0.2) is 28.5 Å². The van der Waals surface area contributed by atoms with Gasteiger partial charge in [-0.1, -0.05) is 64.0 Å². The molecule has 0 aromatic rings. The lowest BCUT2D eigenvalue weighted by Crippen LogP contribution is -2.31. The average Bonchev–Trinajstić information content (AvgIpc) is 2.52. The minimum absolute atomic E-state index is 0.0683. The number of allylic oxidation sites excluding steroid dienone is 1. The molecule has 2 atom stereocenters. The van der Waals surface area contributed by atoms with Gasteiger partial charge in [0.15, 0.2) is 0 Å². The van der Waals surface area contributed by atoms with E-state index in [1.165, 1.54) is 32.1 Å². The highest BCUT2D eigenvalue weighted by molar-refractivity contribution is 5.75. The molecule has 4 heteroatoms. The van der Waals surface area contributed by atoms with Crippen LogP contribution in [-0.2, 0) is 4.79 Å². The molecule has 142 valence electrons. The Morgan fingerprint density at radius 3 is 2.33 bits per heavy atom. The second kappa shape index (κ2) is 17.0. The van der Waals surface area contributed by atoms with Crippen molar-refractivity contribution in [2.24, 2.45) is 0 Å². The third-order valence-electron chi connectivity index (χ3n) is 4.11.